The molecule has 0 aliphatic carbocycles. The molecule has 0 bridgehead atoms. The van der Waals surface area contributed by atoms with Crippen LogP contribution in [0.1, 0.15) is 6.92 Å². The zero-order chi connectivity index (χ0) is 13.0. The van der Waals surface area contributed by atoms with Crippen molar-refractivity contribution >= 4 is 10.1 Å². The second-order valence-electron chi connectivity index (χ2n) is 3.69. The standard InChI is InChI=1S/C7H18N2O6S/c1-5(8)6(16(13,14)15)9-7(2-10,3-11)4-12/h5-6,9-12H,2-4,8H2,1H3,(H,13,14,15). The second kappa shape index (κ2) is 5.87. The smallest absolute Gasteiger partial charge is 0.282 e. The van der Waals surface area contributed by atoms with Crippen LogP contribution < -0.4 is 11.1 Å². The number of nitrogens with one attached hydrogen (secondary N) is 1. The van der Waals surface area contributed by atoms with Crippen LogP contribution in [0.2, 0.25) is 0 Å². The highest BCUT2D eigenvalue weighted by Crippen LogP contribution is 2.08. The molecule has 0 aliphatic rings. The molecule has 0 radical (unpaired) electrons. The van der Waals surface area contributed by atoms with Crippen LogP contribution in [-0.4, -0.2) is 65.1 Å². The highest BCUT2D eigenvalue weighted by molar-refractivity contribution is 7.86. The van der Waals surface area contributed by atoms with Crippen LogP contribution in [0.15, 0.2) is 0 Å². The molecule has 9 heteroatoms. The van der Waals surface area contributed by atoms with Gasteiger partial charge in [-0.1, -0.05) is 0 Å². The molecule has 0 saturated carbocycles. The van der Waals surface area contributed by atoms with Crippen LogP contribution in [0.5, 0.6) is 0 Å². The lowest BCUT2D eigenvalue weighted by atomic mass is 10.0. The number of aliphatic hydroxyl groups excluding tert-OH is 3. The van der Waals surface area contributed by atoms with E-state index >= 15 is 0 Å². The van der Waals surface area contributed by atoms with Crippen molar-refractivity contribution in [2.45, 2.75) is 23.9 Å². The largest absolute Gasteiger partial charge is 0.394 e. The van der Waals surface area contributed by atoms with Gasteiger partial charge < -0.3 is 21.1 Å². The van der Waals surface area contributed by atoms with Crippen LogP contribution in [0.25, 0.3) is 0 Å². The minimum Gasteiger partial charge on any atom is -0.394 e. The number of hydrogen-bond acceptors (Lipinski definition) is 7. The Morgan fingerprint density at radius 3 is 1.81 bits per heavy atom. The average Bonchev–Trinajstić information content (AvgIpc) is 2.18. The molecule has 0 heterocycles. The minimum absolute atomic E-state index is 0.710. The summed E-state index contributed by atoms with van der Waals surface area (Å²) in [6, 6.07) is -0.987. The van der Waals surface area contributed by atoms with Crippen LogP contribution in [0.3, 0.4) is 0 Å². The summed E-state index contributed by atoms with van der Waals surface area (Å²) < 4.78 is 30.8. The van der Waals surface area contributed by atoms with Gasteiger partial charge in [0.1, 0.15) is 0 Å². The molecule has 0 spiro atoms. The molecular weight excluding hydrogens is 240 g/mol. The molecule has 0 aromatic rings. The summed E-state index contributed by atoms with van der Waals surface area (Å²) >= 11 is 0. The SMILES string of the molecule is CC(N)C(NC(CO)(CO)CO)S(=O)(=O)O. The topological polar surface area (TPSA) is 153 Å². The Labute approximate surface area is 93.8 Å². The van der Waals surface area contributed by atoms with E-state index in [4.69, 9.17) is 25.6 Å². The fourth-order valence-electron chi connectivity index (χ4n) is 1.07. The van der Waals surface area contributed by atoms with Gasteiger partial charge in [-0.05, 0) is 6.92 Å². The van der Waals surface area contributed by atoms with Gasteiger partial charge in [0, 0.05) is 6.04 Å². The van der Waals surface area contributed by atoms with Crippen molar-refractivity contribution in [2.75, 3.05) is 19.8 Å². The molecule has 2 atom stereocenters. The predicted molar refractivity (Wildman–Crippen MR) is 56.1 cm³/mol. The summed E-state index contributed by atoms with van der Waals surface area (Å²) in [5.74, 6) is 0. The number of aliphatic hydroxyl groups is 3. The zero-order valence-corrected chi connectivity index (χ0v) is 9.68. The molecule has 7 N–H and O–H groups in total. The van der Waals surface area contributed by atoms with Crippen molar-refractivity contribution in [3.63, 3.8) is 0 Å². The Morgan fingerprint density at radius 1 is 1.25 bits per heavy atom. The zero-order valence-electron chi connectivity index (χ0n) is 8.87. The Kier molecular flexibility index (Phi) is 5.76. The van der Waals surface area contributed by atoms with Gasteiger partial charge in [0.25, 0.3) is 10.1 Å². The molecule has 16 heavy (non-hydrogen) atoms. The Hall–Kier alpha value is -0.290. The van der Waals surface area contributed by atoms with Gasteiger partial charge in [0.2, 0.25) is 0 Å². The Morgan fingerprint density at radius 2 is 1.62 bits per heavy atom. The molecule has 0 aromatic carbocycles. The van der Waals surface area contributed by atoms with Crippen LogP contribution in [0, 0.1) is 0 Å². The first kappa shape index (κ1) is 15.7. The molecule has 0 aromatic heterocycles. The summed E-state index contributed by atoms with van der Waals surface area (Å²) in [4.78, 5) is 0. The van der Waals surface area contributed by atoms with Crippen LogP contribution in [-0.2, 0) is 10.1 Å². The lowest BCUT2D eigenvalue weighted by Crippen LogP contribution is -2.63. The Bertz CT molecular complexity index is 292. The quantitative estimate of drug-likeness (QED) is 0.262. The highest BCUT2D eigenvalue weighted by atomic mass is 32.2. The monoisotopic (exact) mass is 258 g/mol. The minimum atomic E-state index is -4.50. The molecular formula is C7H18N2O6S. The number of rotatable bonds is 7. The maximum Gasteiger partial charge on any atom is 0.282 e. The van der Waals surface area contributed by atoms with Gasteiger partial charge in [-0.25, -0.2) is 0 Å². The van der Waals surface area contributed by atoms with E-state index in [0.29, 0.717) is 0 Å². The van der Waals surface area contributed by atoms with E-state index < -0.39 is 46.9 Å². The molecule has 0 fully saturated rings. The first-order valence-electron chi connectivity index (χ1n) is 4.54. The van der Waals surface area contributed by atoms with E-state index in [1.54, 1.807) is 0 Å². The maximum atomic E-state index is 11.0. The number of hydrogen-bond donors (Lipinski definition) is 6. The highest BCUT2D eigenvalue weighted by Gasteiger charge is 2.37. The third kappa shape index (κ3) is 3.94. The van der Waals surface area contributed by atoms with Crippen molar-refractivity contribution in [3.05, 3.63) is 0 Å². The summed E-state index contributed by atoms with van der Waals surface area (Å²) in [6.07, 6.45) is 0. The molecule has 0 aliphatic heterocycles. The summed E-state index contributed by atoms with van der Waals surface area (Å²) in [5, 5.41) is 27.6. The van der Waals surface area contributed by atoms with Gasteiger partial charge in [-0.3, -0.25) is 9.87 Å². The van der Waals surface area contributed by atoms with Crippen molar-refractivity contribution in [1.82, 2.24) is 5.32 Å². The van der Waals surface area contributed by atoms with Crippen molar-refractivity contribution in [2.24, 2.45) is 5.73 Å². The molecule has 98 valence electrons. The molecule has 8 nitrogen and oxygen atoms in total. The first-order chi connectivity index (χ1) is 7.22. The van der Waals surface area contributed by atoms with E-state index in [9.17, 15) is 8.42 Å². The third-order valence-electron chi connectivity index (χ3n) is 2.15. The summed E-state index contributed by atoms with van der Waals surface area (Å²) in [7, 11) is -4.50. The molecule has 0 amide bonds. The van der Waals surface area contributed by atoms with E-state index in [-0.39, 0.29) is 0 Å². The van der Waals surface area contributed by atoms with E-state index in [1.165, 1.54) is 6.92 Å². The summed E-state index contributed by atoms with van der Waals surface area (Å²) in [5.41, 5.74) is 3.73. The van der Waals surface area contributed by atoms with E-state index in [2.05, 4.69) is 5.32 Å². The lowest BCUT2D eigenvalue weighted by molar-refractivity contribution is 0.0383. The third-order valence-corrected chi connectivity index (χ3v) is 3.34. The fraction of sp³-hybridized carbons (Fsp3) is 1.00. The summed E-state index contributed by atoms with van der Waals surface area (Å²) in [6.45, 7) is -0.807. The molecule has 0 rings (SSSR count). The van der Waals surface area contributed by atoms with Crippen molar-refractivity contribution in [1.29, 1.82) is 0 Å². The number of nitrogens with two attached hydrogens (primary N) is 1. The van der Waals surface area contributed by atoms with Crippen LogP contribution >= 0.6 is 0 Å². The van der Waals surface area contributed by atoms with E-state index in [1.807, 2.05) is 0 Å². The van der Waals surface area contributed by atoms with Gasteiger partial charge in [0.15, 0.2) is 5.37 Å². The molecule has 2 unspecified atom stereocenters. The van der Waals surface area contributed by atoms with E-state index in [0.717, 1.165) is 0 Å². The Balaban J connectivity index is 5.01. The fourth-order valence-corrected chi connectivity index (χ4v) is 2.01. The van der Waals surface area contributed by atoms with Crippen LogP contribution in [0.4, 0.5) is 0 Å². The molecule has 0 saturated heterocycles. The average molecular weight is 258 g/mol. The van der Waals surface area contributed by atoms with Gasteiger partial charge in [0.05, 0.1) is 25.4 Å². The van der Waals surface area contributed by atoms with Crippen molar-refractivity contribution in [3.8, 4) is 0 Å². The first-order valence-corrected chi connectivity index (χ1v) is 6.05. The van der Waals surface area contributed by atoms with Gasteiger partial charge in [-0.15, -0.1) is 0 Å². The van der Waals surface area contributed by atoms with Gasteiger partial charge in [-0.2, -0.15) is 8.42 Å². The second-order valence-corrected chi connectivity index (χ2v) is 5.23. The predicted octanol–water partition coefficient (Wildman–Crippen LogP) is -3.15. The van der Waals surface area contributed by atoms with Gasteiger partial charge >= 0.3 is 0 Å². The normalized spacial score (nSPS) is 17.1. The maximum absolute atomic E-state index is 11.0. The lowest BCUT2D eigenvalue weighted by Gasteiger charge is -2.33. The van der Waals surface area contributed by atoms with Crippen molar-refractivity contribution < 1.29 is 28.3 Å².